The molecule has 0 heterocycles. The summed E-state index contributed by atoms with van der Waals surface area (Å²) in [5, 5.41) is 0.389. The zero-order valence-corrected chi connectivity index (χ0v) is 9.98. The van der Waals surface area contributed by atoms with Crippen LogP contribution in [0.25, 0.3) is 0 Å². The molecule has 0 spiro atoms. The number of hydrogen-bond acceptors (Lipinski definition) is 3. The van der Waals surface area contributed by atoms with Crippen LogP contribution in [-0.4, -0.2) is 15.0 Å². The molecule has 0 unspecified atom stereocenters. The molecule has 0 bridgehead atoms. The van der Waals surface area contributed by atoms with Gasteiger partial charge in [-0.3, -0.25) is 0 Å². The predicted octanol–water partition coefficient (Wildman–Crippen LogP) is 1.22. The lowest BCUT2D eigenvalue weighted by atomic mass is 10.3. The molecule has 3 N–H and O–H groups in total. The van der Waals surface area contributed by atoms with Crippen LogP contribution in [0.15, 0.2) is 23.1 Å². The van der Waals surface area contributed by atoms with Crippen molar-refractivity contribution in [3.05, 3.63) is 23.2 Å². The van der Waals surface area contributed by atoms with Gasteiger partial charge in [-0.2, -0.15) is 0 Å². The molecule has 0 fully saturated rings. The van der Waals surface area contributed by atoms with E-state index < -0.39 is 10.0 Å². The lowest BCUT2D eigenvalue weighted by Gasteiger charge is -2.08. The maximum atomic E-state index is 11.7. The molecule has 4 nitrogen and oxygen atoms in total. The predicted molar refractivity (Wildman–Crippen MR) is 64.5 cm³/mol. The zero-order chi connectivity index (χ0) is 12.2. The van der Waals surface area contributed by atoms with Crippen molar-refractivity contribution in [3.63, 3.8) is 0 Å². The Morgan fingerprint density at radius 1 is 1.50 bits per heavy atom. The summed E-state index contributed by atoms with van der Waals surface area (Å²) in [4.78, 5) is 0.00826. The van der Waals surface area contributed by atoms with E-state index in [1.807, 2.05) is 0 Å². The van der Waals surface area contributed by atoms with Gasteiger partial charge >= 0.3 is 0 Å². The third kappa shape index (κ3) is 3.14. The van der Waals surface area contributed by atoms with Gasteiger partial charge in [0.25, 0.3) is 0 Å². The highest BCUT2D eigenvalue weighted by atomic mass is 35.5. The summed E-state index contributed by atoms with van der Waals surface area (Å²) >= 11 is 5.67. The van der Waals surface area contributed by atoms with Crippen molar-refractivity contribution in [3.8, 4) is 12.3 Å². The molecule has 0 aliphatic carbocycles. The SMILES string of the molecule is C#CCCNS(=O)(=O)c1ccc(Cl)cc1N. The largest absolute Gasteiger partial charge is 0.398 e. The number of hydrogen-bond donors (Lipinski definition) is 2. The molecule has 1 aromatic carbocycles. The first kappa shape index (κ1) is 12.8. The fourth-order valence-corrected chi connectivity index (χ4v) is 2.42. The summed E-state index contributed by atoms with van der Waals surface area (Å²) in [5.74, 6) is 2.34. The minimum Gasteiger partial charge on any atom is -0.398 e. The molecule has 86 valence electrons. The minimum atomic E-state index is -3.61. The topological polar surface area (TPSA) is 72.2 Å². The molecule has 1 rings (SSSR count). The van der Waals surface area contributed by atoms with Gasteiger partial charge in [-0.25, -0.2) is 13.1 Å². The highest BCUT2D eigenvalue weighted by Gasteiger charge is 2.16. The molecule has 0 aromatic heterocycles. The third-order valence-corrected chi connectivity index (χ3v) is 3.59. The Kier molecular flexibility index (Phi) is 4.19. The summed E-state index contributed by atoms with van der Waals surface area (Å²) in [7, 11) is -3.61. The molecule has 0 atom stereocenters. The molecule has 0 radical (unpaired) electrons. The molecule has 16 heavy (non-hydrogen) atoms. The second-order valence-electron chi connectivity index (χ2n) is 3.03. The maximum absolute atomic E-state index is 11.7. The van der Waals surface area contributed by atoms with Gasteiger partial charge in [0.15, 0.2) is 0 Å². The number of nitrogen functional groups attached to an aromatic ring is 1. The summed E-state index contributed by atoms with van der Waals surface area (Å²) in [6.07, 6.45) is 5.35. The number of nitrogens with one attached hydrogen (secondary N) is 1. The van der Waals surface area contributed by atoms with E-state index >= 15 is 0 Å². The van der Waals surface area contributed by atoms with Crippen LogP contribution in [0.2, 0.25) is 5.02 Å². The number of benzene rings is 1. The van der Waals surface area contributed by atoms with Gasteiger partial charge < -0.3 is 5.73 Å². The van der Waals surface area contributed by atoms with Crippen LogP contribution in [0.3, 0.4) is 0 Å². The second kappa shape index (κ2) is 5.21. The molecule has 0 aliphatic rings. The average Bonchev–Trinajstić information content (AvgIpc) is 2.17. The minimum absolute atomic E-state index is 0.00826. The summed E-state index contributed by atoms with van der Waals surface area (Å²) in [6.45, 7) is 0.181. The molecule has 0 aliphatic heterocycles. The molecule has 0 amide bonds. The second-order valence-corrected chi connectivity index (χ2v) is 5.21. The Bertz CT molecular complexity index is 520. The van der Waals surface area contributed by atoms with Crippen molar-refractivity contribution in [2.24, 2.45) is 0 Å². The third-order valence-electron chi connectivity index (χ3n) is 1.82. The fourth-order valence-electron chi connectivity index (χ4n) is 1.10. The number of rotatable bonds is 4. The van der Waals surface area contributed by atoms with Crippen molar-refractivity contribution in [2.75, 3.05) is 12.3 Å². The van der Waals surface area contributed by atoms with Gasteiger partial charge in [0.1, 0.15) is 4.90 Å². The van der Waals surface area contributed by atoms with Gasteiger partial charge in [0, 0.05) is 18.0 Å². The van der Waals surface area contributed by atoms with Crippen molar-refractivity contribution in [2.45, 2.75) is 11.3 Å². The first-order chi connectivity index (χ1) is 7.47. The van der Waals surface area contributed by atoms with E-state index in [0.29, 0.717) is 11.4 Å². The van der Waals surface area contributed by atoms with Crippen molar-refractivity contribution in [1.82, 2.24) is 4.72 Å². The quantitative estimate of drug-likeness (QED) is 0.485. The summed E-state index contributed by atoms with van der Waals surface area (Å²) in [6, 6.07) is 4.21. The Morgan fingerprint density at radius 2 is 2.19 bits per heavy atom. The highest BCUT2D eigenvalue weighted by Crippen LogP contribution is 2.21. The number of sulfonamides is 1. The van der Waals surface area contributed by atoms with Crippen molar-refractivity contribution in [1.29, 1.82) is 0 Å². The maximum Gasteiger partial charge on any atom is 0.242 e. The zero-order valence-electron chi connectivity index (χ0n) is 8.40. The van der Waals surface area contributed by atoms with Crippen molar-refractivity contribution < 1.29 is 8.42 Å². The smallest absolute Gasteiger partial charge is 0.242 e. The molecular weight excluding hydrogens is 248 g/mol. The summed E-state index contributed by atoms with van der Waals surface area (Å²) in [5.41, 5.74) is 5.68. The van der Waals surface area contributed by atoms with Crippen LogP contribution in [-0.2, 0) is 10.0 Å². The van der Waals surface area contributed by atoms with E-state index in [2.05, 4.69) is 10.6 Å². The number of halogens is 1. The Labute approximate surface area is 99.8 Å². The van der Waals surface area contributed by atoms with Gasteiger partial charge in [-0.15, -0.1) is 12.3 Å². The van der Waals surface area contributed by atoms with E-state index in [0.717, 1.165) is 0 Å². The highest BCUT2D eigenvalue weighted by molar-refractivity contribution is 7.89. The number of anilines is 1. The number of terminal acetylenes is 1. The van der Waals surface area contributed by atoms with Gasteiger partial charge in [0.2, 0.25) is 10.0 Å². The van der Waals surface area contributed by atoms with Crippen LogP contribution in [0.5, 0.6) is 0 Å². The van der Waals surface area contributed by atoms with E-state index in [9.17, 15) is 8.42 Å². The first-order valence-electron chi connectivity index (χ1n) is 4.45. The van der Waals surface area contributed by atoms with Gasteiger partial charge in [0.05, 0.1) is 5.69 Å². The van der Waals surface area contributed by atoms with Crippen LogP contribution in [0, 0.1) is 12.3 Å². The fraction of sp³-hybridized carbons (Fsp3) is 0.200. The summed E-state index contributed by atoms with van der Waals surface area (Å²) < 4.78 is 25.8. The normalized spacial score (nSPS) is 11.0. The van der Waals surface area contributed by atoms with Crippen molar-refractivity contribution >= 4 is 27.3 Å². The van der Waals surface area contributed by atoms with Crippen LogP contribution in [0.1, 0.15) is 6.42 Å². The Morgan fingerprint density at radius 3 is 2.75 bits per heavy atom. The van der Waals surface area contributed by atoms with E-state index in [1.165, 1.54) is 18.2 Å². The molecule has 0 saturated heterocycles. The number of nitrogens with two attached hydrogens (primary N) is 1. The molecule has 0 saturated carbocycles. The Hall–Kier alpha value is -1.22. The van der Waals surface area contributed by atoms with E-state index in [-0.39, 0.29) is 17.1 Å². The monoisotopic (exact) mass is 258 g/mol. The van der Waals surface area contributed by atoms with Gasteiger partial charge in [-0.05, 0) is 18.2 Å². The van der Waals surface area contributed by atoms with Crippen LogP contribution >= 0.6 is 11.6 Å². The molecule has 1 aromatic rings. The molecular formula is C10H11ClN2O2S. The van der Waals surface area contributed by atoms with Gasteiger partial charge in [-0.1, -0.05) is 11.6 Å². The average molecular weight is 259 g/mol. The standard InChI is InChI=1S/C10H11ClN2O2S/c1-2-3-6-13-16(14,15)10-5-4-8(11)7-9(10)12/h1,4-5,7,13H,3,6,12H2. The lowest BCUT2D eigenvalue weighted by Crippen LogP contribution is -2.25. The van der Waals surface area contributed by atoms with Crippen LogP contribution in [0.4, 0.5) is 5.69 Å². The first-order valence-corrected chi connectivity index (χ1v) is 6.31. The lowest BCUT2D eigenvalue weighted by molar-refractivity contribution is 0.583. The van der Waals surface area contributed by atoms with E-state index in [1.54, 1.807) is 0 Å². The molecule has 6 heteroatoms. The van der Waals surface area contributed by atoms with Crippen LogP contribution < -0.4 is 10.5 Å². The van der Waals surface area contributed by atoms with E-state index in [4.69, 9.17) is 23.8 Å². The Balaban J connectivity index is 2.95.